The molecule has 130 valence electrons. The quantitative estimate of drug-likeness (QED) is 0.645. The number of hydrogen-bond acceptors (Lipinski definition) is 6. The molecule has 0 spiro atoms. The Morgan fingerprint density at radius 1 is 1.12 bits per heavy atom. The minimum atomic E-state index is -0.855. The van der Waals surface area contributed by atoms with Crippen molar-refractivity contribution in [3.63, 3.8) is 0 Å². The lowest BCUT2D eigenvalue weighted by Gasteiger charge is -2.12. The number of nitrogens with zero attached hydrogens (tertiary/aromatic N) is 3. The summed E-state index contributed by atoms with van der Waals surface area (Å²) < 4.78 is 1.99. The van der Waals surface area contributed by atoms with Crippen molar-refractivity contribution in [2.24, 2.45) is 7.05 Å². The monoisotopic (exact) mass is 387 g/mol. The van der Waals surface area contributed by atoms with Gasteiger partial charge in [0, 0.05) is 13.2 Å². The number of fused-ring (bicyclic) bond motifs is 1. The second-order valence-corrected chi connectivity index (χ2v) is 7.21. The largest absolute Gasteiger partial charge is 0.367 e. The second-order valence-electron chi connectivity index (χ2n) is 5.50. The van der Waals surface area contributed by atoms with E-state index in [0.29, 0.717) is 20.0 Å². The van der Waals surface area contributed by atoms with Crippen molar-refractivity contribution in [2.75, 3.05) is 0 Å². The summed E-state index contributed by atoms with van der Waals surface area (Å²) in [7, 11) is 1.65. The van der Waals surface area contributed by atoms with Gasteiger partial charge in [0.2, 0.25) is 0 Å². The maximum Gasteiger partial charge on any atom is 0.367 e. The molecule has 0 unspecified atom stereocenters. The number of halogens is 1. The standard InChI is InChI=1S/C17H10ClN3O4S/c1-20-8-11(14(19-20)12-6-7-13(18)26-12)17(24)25-21-15(22)9-4-2-3-5-10(9)16(21)23/h2-8H,1H3. The highest BCUT2D eigenvalue weighted by molar-refractivity contribution is 7.19. The molecule has 2 aromatic heterocycles. The number of aryl methyl sites for hydroxylation is 1. The Bertz CT molecular complexity index is 1040. The zero-order valence-corrected chi connectivity index (χ0v) is 14.9. The van der Waals surface area contributed by atoms with Gasteiger partial charge in [-0.2, -0.15) is 5.10 Å². The smallest absolute Gasteiger partial charge is 0.324 e. The van der Waals surface area contributed by atoms with Crippen LogP contribution < -0.4 is 0 Å². The van der Waals surface area contributed by atoms with Gasteiger partial charge in [-0.15, -0.1) is 11.3 Å². The van der Waals surface area contributed by atoms with Crippen molar-refractivity contribution in [3.05, 3.63) is 63.6 Å². The van der Waals surface area contributed by atoms with Crippen LogP contribution in [0.15, 0.2) is 42.6 Å². The molecule has 7 nitrogen and oxygen atoms in total. The molecule has 3 heterocycles. The van der Waals surface area contributed by atoms with Crippen LogP contribution in [0.3, 0.4) is 0 Å². The Labute approximate surface area is 156 Å². The molecule has 1 aliphatic heterocycles. The van der Waals surface area contributed by atoms with Crippen molar-refractivity contribution in [2.45, 2.75) is 0 Å². The van der Waals surface area contributed by atoms with E-state index in [-0.39, 0.29) is 16.7 Å². The number of carbonyl (C=O) groups is 3. The molecule has 0 aliphatic carbocycles. The van der Waals surface area contributed by atoms with E-state index < -0.39 is 17.8 Å². The number of hydrogen-bond donors (Lipinski definition) is 0. The highest BCUT2D eigenvalue weighted by Crippen LogP contribution is 2.33. The number of thiophene rings is 1. The highest BCUT2D eigenvalue weighted by atomic mass is 35.5. The normalized spacial score (nSPS) is 13.2. The molecular formula is C17H10ClN3O4S. The number of carbonyl (C=O) groups excluding carboxylic acids is 3. The molecule has 0 N–H and O–H groups in total. The third kappa shape index (κ3) is 2.59. The number of hydroxylamine groups is 2. The van der Waals surface area contributed by atoms with E-state index in [4.69, 9.17) is 16.4 Å². The maximum absolute atomic E-state index is 12.6. The van der Waals surface area contributed by atoms with E-state index in [1.807, 2.05) is 0 Å². The molecule has 0 bridgehead atoms. The van der Waals surface area contributed by atoms with E-state index >= 15 is 0 Å². The van der Waals surface area contributed by atoms with E-state index in [9.17, 15) is 14.4 Å². The van der Waals surface area contributed by atoms with Crippen LogP contribution in [-0.4, -0.2) is 32.6 Å². The molecule has 9 heteroatoms. The van der Waals surface area contributed by atoms with E-state index in [1.54, 1.807) is 31.3 Å². The summed E-state index contributed by atoms with van der Waals surface area (Å²) in [4.78, 5) is 43.0. The summed E-state index contributed by atoms with van der Waals surface area (Å²) in [6.07, 6.45) is 1.46. The van der Waals surface area contributed by atoms with Gasteiger partial charge in [0.1, 0.15) is 11.3 Å². The minimum absolute atomic E-state index is 0.127. The van der Waals surface area contributed by atoms with Crippen molar-refractivity contribution in [3.8, 4) is 10.6 Å². The highest BCUT2D eigenvalue weighted by Gasteiger charge is 2.39. The molecule has 0 radical (unpaired) electrons. The summed E-state index contributed by atoms with van der Waals surface area (Å²) >= 11 is 7.20. The zero-order chi connectivity index (χ0) is 18.4. The average Bonchev–Trinajstić information content (AvgIpc) is 3.29. The Kier molecular flexibility index (Phi) is 3.86. The van der Waals surface area contributed by atoms with Gasteiger partial charge in [0.05, 0.1) is 20.3 Å². The summed E-state index contributed by atoms with van der Waals surface area (Å²) in [5, 5.41) is 4.72. The van der Waals surface area contributed by atoms with Crippen LogP contribution in [0.25, 0.3) is 10.6 Å². The van der Waals surface area contributed by atoms with Crippen LogP contribution in [0.1, 0.15) is 31.1 Å². The fourth-order valence-corrected chi connectivity index (χ4v) is 3.69. The second kappa shape index (κ2) is 6.08. The van der Waals surface area contributed by atoms with Gasteiger partial charge in [-0.3, -0.25) is 14.3 Å². The van der Waals surface area contributed by atoms with Crippen LogP contribution in [-0.2, 0) is 11.9 Å². The number of rotatable bonds is 3. The first-order valence-electron chi connectivity index (χ1n) is 7.45. The number of aromatic nitrogens is 2. The summed E-state index contributed by atoms with van der Waals surface area (Å²) in [6.45, 7) is 0. The molecule has 1 aromatic carbocycles. The SMILES string of the molecule is Cn1cc(C(=O)ON2C(=O)c3ccccc3C2=O)c(-c2ccc(Cl)s2)n1. The van der Waals surface area contributed by atoms with Crippen LogP contribution in [0, 0.1) is 0 Å². The molecule has 2 amide bonds. The van der Waals surface area contributed by atoms with Crippen molar-refractivity contribution < 1.29 is 19.2 Å². The zero-order valence-electron chi connectivity index (χ0n) is 13.3. The molecule has 0 atom stereocenters. The Hall–Kier alpha value is -2.97. The minimum Gasteiger partial charge on any atom is -0.324 e. The van der Waals surface area contributed by atoms with Gasteiger partial charge in [-0.05, 0) is 24.3 Å². The number of imide groups is 1. The first kappa shape index (κ1) is 16.5. The molecule has 0 fully saturated rings. The van der Waals surface area contributed by atoms with Gasteiger partial charge in [0.15, 0.2) is 0 Å². The summed E-state index contributed by atoms with van der Waals surface area (Å²) in [5.74, 6) is -2.21. The topological polar surface area (TPSA) is 81.5 Å². The molecule has 0 saturated heterocycles. The summed E-state index contributed by atoms with van der Waals surface area (Å²) in [5.41, 5.74) is 0.886. The molecule has 0 saturated carbocycles. The molecule has 1 aliphatic rings. The van der Waals surface area contributed by atoms with Crippen LogP contribution in [0.2, 0.25) is 4.34 Å². The predicted molar refractivity (Wildman–Crippen MR) is 93.9 cm³/mol. The van der Waals surface area contributed by atoms with Crippen LogP contribution in [0.4, 0.5) is 0 Å². The molecule has 3 aromatic rings. The van der Waals surface area contributed by atoms with Gasteiger partial charge >= 0.3 is 5.97 Å². The van der Waals surface area contributed by atoms with Crippen molar-refractivity contribution in [1.82, 2.24) is 14.8 Å². The van der Waals surface area contributed by atoms with Gasteiger partial charge in [-0.1, -0.05) is 28.8 Å². The first-order chi connectivity index (χ1) is 12.5. The van der Waals surface area contributed by atoms with Crippen LogP contribution >= 0.6 is 22.9 Å². The Balaban J connectivity index is 1.65. The van der Waals surface area contributed by atoms with Crippen LogP contribution in [0.5, 0.6) is 0 Å². The van der Waals surface area contributed by atoms with Gasteiger partial charge in [0.25, 0.3) is 11.8 Å². The lowest BCUT2D eigenvalue weighted by atomic mass is 10.1. The maximum atomic E-state index is 12.6. The van der Waals surface area contributed by atoms with Crippen molar-refractivity contribution >= 4 is 40.7 Å². The fourth-order valence-electron chi connectivity index (χ4n) is 2.64. The lowest BCUT2D eigenvalue weighted by Crippen LogP contribution is -2.32. The third-order valence-electron chi connectivity index (χ3n) is 3.79. The molecular weight excluding hydrogens is 378 g/mol. The van der Waals surface area contributed by atoms with Crippen molar-refractivity contribution in [1.29, 1.82) is 0 Å². The number of amides is 2. The van der Waals surface area contributed by atoms with E-state index in [1.165, 1.54) is 34.3 Å². The van der Waals surface area contributed by atoms with E-state index in [2.05, 4.69) is 5.10 Å². The Morgan fingerprint density at radius 2 is 1.77 bits per heavy atom. The van der Waals surface area contributed by atoms with E-state index in [0.717, 1.165) is 0 Å². The van der Waals surface area contributed by atoms with Gasteiger partial charge in [-0.25, -0.2) is 4.79 Å². The molecule has 26 heavy (non-hydrogen) atoms. The Morgan fingerprint density at radius 3 is 2.35 bits per heavy atom. The lowest BCUT2D eigenvalue weighted by molar-refractivity contribution is -0.0584. The fraction of sp³-hybridized carbons (Fsp3) is 0.0588. The van der Waals surface area contributed by atoms with Gasteiger partial charge < -0.3 is 4.84 Å². The predicted octanol–water partition coefficient (Wildman–Crippen LogP) is 3.17. The third-order valence-corrected chi connectivity index (χ3v) is 5.02. The summed E-state index contributed by atoms with van der Waals surface area (Å²) in [6, 6.07) is 9.70. The average molecular weight is 388 g/mol. The molecule has 4 rings (SSSR count). The first-order valence-corrected chi connectivity index (χ1v) is 8.64. The number of benzene rings is 1.